The second-order valence-corrected chi connectivity index (χ2v) is 12.4. The predicted octanol–water partition coefficient (Wildman–Crippen LogP) is 1.98. The molecule has 2 unspecified atom stereocenters. The first-order valence-corrected chi connectivity index (χ1v) is 15.6. The second kappa shape index (κ2) is 11.6. The highest BCUT2D eigenvalue weighted by molar-refractivity contribution is 7.89. The van der Waals surface area contributed by atoms with E-state index in [-0.39, 0.29) is 28.2 Å². The molecule has 0 radical (unpaired) electrons. The Bertz CT molecular complexity index is 2390. The quantitative estimate of drug-likeness (QED) is 0.229. The number of nitrogens with two attached hydrogens (primary N) is 2. The van der Waals surface area contributed by atoms with Gasteiger partial charge >= 0.3 is 0 Å². The zero-order chi connectivity index (χ0) is 32.7. The number of nitrogens with one attached hydrogen (secondary N) is 1. The van der Waals surface area contributed by atoms with Crippen LogP contribution in [-0.4, -0.2) is 48.3 Å². The van der Waals surface area contributed by atoms with Crippen molar-refractivity contribution in [3.63, 3.8) is 0 Å². The lowest BCUT2D eigenvalue weighted by Gasteiger charge is -2.20. The maximum absolute atomic E-state index is 14.3. The van der Waals surface area contributed by atoms with Gasteiger partial charge in [0.05, 0.1) is 40.1 Å². The molecule has 1 amide bonds. The molecular weight excluding hydrogens is 608 g/mol. The number of nitrogens with zero attached hydrogens (tertiary/aromatic N) is 7. The fourth-order valence-corrected chi connectivity index (χ4v) is 5.83. The van der Waals surface area contributed by atoms with Crippen molar-refractivity contribution in [1.29, 1.82) is 0 Å². The predicted molar refractivity (Wildman–Crippen MR) is 171 cm³/mol. The van der Waals surface area contributed by atoms with E-state index in [1.54, 1.807) is 68.7 Å². The van der Waals surface area contributed by atoms with Crippen LogP contribution in [-0.2, 0) is 17.1 Å². The first-order chi connectivity index (χ1) is 22.0. The number of hydrogen-bond acceptors (Lipinski definition) is 9. The van der Waals surface area contributed by atoms with E-state index in [0.29, 0.717) is 28.0 Å². The molecule has 0 fully saturated rings. The van der Waals surface area contributed by atoms with Crippen LogP contribution in [0.3, 0.4) is 0 Å². The first kappa shape index (κ1) is 30.2. The highest BCUT2D eigenvalue weighted by Gasteiger charge is 2.26. The number of primary sulfonamides is 1. The largest absolute Gasteiger partial charge is 0.381 e. The number of fused-ring (bicyclic) bond motifs is 2. The molecule has 14 nitrogen and oxygen atoms in total. The molecule has 46 heavy (non-hydrogen) atoms. The summed E-state index contributed by atoms with van der Waals surface area (Å²) >= 11 is 0. The van der Waals surface area contributed by atoms with Crippen LogP contribution in [0.5, 0.6) is 0 Å². The van der Waals surface area contributed by atoms with Gasteiger partial charge in [0.25, 0.3) is 11.5 Å². The number of aromatic nitrogens is 7. The second-order valence-electron chi connectivity index (χ2n) is 10.5. The summed E-state index contributed by atoms with van der Waals surface area (Å²) in [6.07, 6.45) is 4.61. The minimum absolute atomic E-state index is 0.00812. The number of rotatable bonds is 6. The number of amides is 1. The van der Waals surface area contributed by atoms with Gasteiger partial charge in [-0.2, -0.15) is 5.10 Å². The van der Waals surface area contributed by atoms with Gasteiger partial charge in [0.2, 0.25) is 10.0 Å². The van der Waals surface area contributed by atoms with Gasteiger partial charge in [-0.15, -0.1) is 5.10 Å². The van der Waals surface area contributed by atoms with Crippen LogP contribution < -0.4 is 21.7 Å². The first-order valence-electron chi connectivity index (χ1n) is 14.0. The zero-order valence-corrected chi connectivity index (χ0v) is 25.7. The van der Waals surface area contributed by atoms with E-state index >= 15 is 0 Å². The number of carbonyl (C=O) groups excluding carboxylic acids is 1. The molecular formula is C31H28N10O4S. The molecule has 6 aromatic rings. The summed E-state index contributed by atoms with van der Waals surface area (Å²) in [5.74, 6) is 5.72. The Labute approximate surface area is 262 Å². The lowest BCUT2D eigenvalue weighted by Crippen LogP contribution is -2.33. The summed E-state index contributed by atoms with van der Waals surface area (Å²) in [5, 5.41) is 15.8. The third kappa shape index (κ3) is 5.36. The molecule has 0 aliphatic heterocycles. The number of para-hydroxylation sites is 1. The Morgan fingerprint density at radius 3 is 2.50 bits per heavy atom. The number of anilines is 1. The molecule has 0 spiro atoms. The number of carbonyl (C=O) groups is 1. The molecule has 6 rings (SSSR count). The molecule has 0 saturated heterocycles. The van der Waals surface area contributed by atoms with Crippen LogP contribution in [0, 0.1) is 11.8 Å². The van der Waals surface area contributed by atoms with Crippen molar-refractivity contribution in [3.8, 4) is 17.5 Å². The molecule has 0 saturated carbocycles. The maximum Gasteiger partial charge on any atom is 0.267 e. The van der Waals surface area contributed by atoms with Gasteiger partial charge in [-0.25, -0.2) is 28.0 Å². The number of aryl methyl sites for hydroxylation is 1. The Morgan fingerprint density at radius 2 is 1.76 bits per heavy atom. The van der Waals surface area contributed by atoms with Gasteiger partial charge in [0.15, 0.2) is 11.5 Å². The fraction of sp³-hybridized carbons (Fsp3) is 0.161. The van der Waals surface area contributed by atoms with Crippen LogP contribution in [0.4, 0.5) is 5.82 Å². The summed E-state index contributed by atoms with van der Waals surface area (Å²) in [5.41, 5.74) is 7.95. The molecule has 4 aromatic heterocycles. The molecule has 2 atom stereocenters. The Balaban J connectivity index is 1.47. The van der Waals surface area contributed by atoms with E-state index in [1.165, 1.54) is 33.1 Å². The van der Waals surface area contributed by atoms with E-state index < -0.39 is 32.8 Å². The third-order valence-corrected chi connectivity index (χ3v) is 8.73. The standard InChI is InChI=1S/C31H28N10O4S/c1-18(36-30(42)25-27(32)38-40-16-8-15-34-29(25)40)28-37-23-12-7-9-20(24(23)31(43)41(28)22-10-5-4-6-11-22)13-14-21-17-35-39(3)26(21)19(2)46(33,44)45/h4-12,15-19H,1-3H3,(H2,32,38)(H,36,42)(H2,33,44,45). The van der Waals surface area contributed by atoms with Crippen LogP contribution >= 0.6 is 0 Å². The summed E-state index contributed by atoms with van der Waals surface area (Å²) in [6, 6.07) is 14.9. The third-order valence-electron chi connectivity index (χ3n) is 7.52. The van der Waals surface area contributed by atoms with Crippen molar-refractivity contribution in [1.82, 2.24) is 39.2 Å². The molecule has 2 aromatic carbocycles. The van der Waals surface area contributed by atoms with Gasteiger partial charge in [-0.05, 0) is 44.2 Å². The van der Waals surface area contributed by atoms with Gasteiger partial charge in [0, 0.05) is 25.0 Å². The van der Waals surface area contributed by atoms with Crippen LogP contribution in [0.2, 0.25) is 0 Å². The summed E-state index contributed by atoms with van der Waals surface area (Å²) < 4.78 is 28.4. The van der Waals surface area contributed by atoms with E-state index in [0.717, 1.165) is 0 Å². The molecule has 232 valence electrons. The lowest BCUT2D eigenvalue weighted by atomic mass is 10.1. The number of benzene rings is 2. The van der Waals surface area contributed by atoms with E-state index in [9.17, 15) is 18.0 Å². The maximum atomic E-state index is 14.3. The topological polar surface area (TPSA) is 198 Å². The highest BCUT2D eigenvalue weighted by Crippen LogP contribution is 2.24. The van der Waals surface area contributed by atoms with Crippen LogP contribution in [0.25, 0.3) is 22.2 Å². The minimum atomic E-state index is -3.92. The van der Waals surface area contributed by atoms with E-state index in [1.807, 2.05) is 6.07 Å². The summed E-state index contributed by atoms with van der Waals surface area (Å²) in [4.78, 5) is 36.9. The van der Waals surface area contributed by atoms with Crippen LogP contribution in [0.1, 0.15) is 58.1 Å². The summed E-state index contributed by atoms with van der Waals surface area (Å²) in [6.45, 7) is 3.17. The highest BCUT2D eigenvalue weighted by atomic mass is 32.2. The van der Waals surface area contributed by atoms with Gasteiger partial charge < -0.3 is 11.1 Å². The average molecular weight is 637 g/mol. The summed E-state index contributed by atoms with van der Waals surface area (Å²) in [7, 11) is -2.32. The molecule has 0 aliphatic carbocycles. The fourth-order valence-electron chi connectivity index (χ4n) is 5.24. The van der Waals surface area contributed by atoms with Crippen molar-refractivity contribution < 1.29 is 13.2 Å². The Kier molecular flexibility index (Phi) is 7.60. The van der Waals surface area contributed by atoms with Gasteiger partial charge in [-0.1, -0.05) is 36.1 Å². The average Bonchev–Trinajstić information content (AvgIpc) is 3.57. The SMILES string of the molecule is CC(NC(=O)c1c(N)nn2cccnc12)c1nc2cccc(C#Cc3cnn(C)c3C(C)S(N)(=O)=O)c2c(=O)n1-c1ccccc1. The monoisotopic (exact) mass is 636 g/mol. The number of nitrogen functional groups attached to an aromatic ring is 1. The van der Waals surface area contributed by atoms with Gasteiger partial charge in [0.1, 0.15) is 16.6 Å². The number of hydrogen-bond donors (Lipinski definition) is 3. The zero-order valence-electron chi connectivity index (χ0n) is 24.9. The molecule has 5 N–H and O–H groups in total. The van der Waals surface area contributed by atoms with Crippen molar-refractivity contribution >= 4 is 38.3 Å². The Morgan fingerprint density at radius 1 is 1.02 bits per heavy atom. The number of sulfonamides is 1. The van der Waals surface area contributed by atoms with E-state index in [2.05, 4.69) is 32.3 Å². The van der Waals surface area contributed by atoms with Crippen LogP contribution in [0.15, 0.2) is 78.0 Å². The molecule has 0 bridgehead atoms. The van der Waals surface area contributed by atoms with Crippen molar-refractivity contribution in [2.75, 3.05) is 5.73 Å². The van der Waals surface area contributed by atoms with Crippen molar-refractivity contribution in [2.45, 2.75) is 25.1 Å². The smallest absolute Gasteiger partial charge is 0.267 e. The van der Waals surface area contributed by atoms with Crippen molar-refractivity contribution in [3.05, 3.63) is 112 Å². The van der Waals surface area contributed by atoms with Crippen molar-refractivity contribution in [2.24, 2.45) is 12.2 Å². The Hall–Kier alpha value is -5.85. The molecule has 4 heterocycles. The normalized spacial score (nSPS) is 12.9. The molecule has 15 heteroatoms. The molecule has 0 aliphatic rings. The van der Waals surface area contributed by atoms with E-state index in [4.69, 9.17) is 15.9 Å². The van der Waals surface area contributed by atoms with Gasteiger partial charge in [-0.3, -0.25) is 18.8 Å². The lowest BCUT2D eigenvalue weighted by molar-refractivity contribution is 0.0940. The minimum Gasteiger partial charge on any atom is -0.381 e.